The van der Waals surface area contributed by atoms with Crippen LogP contribution in [0.1, 0.15) is 36.0 Å². The zero-order chi connectivity index (χ0) is 23.9. The molecule has 1 saturated heterocycles. The van der Waals surface area contributed by atoms with Crippen LogP contribution in [-0.2, 0) is 4.79 Å². The number of methoxy groups -OCH3 is 1. The predicted octanol–water partition coefficient (Wildman–Crippen LogP) is 5.47. The second-order valence-electron chi connectivity index (χ2n) is 8.72. The van der Waals surface area contributed by atoms with E-state index in [0.29, 0.717) is 24.2 Å². The summed E-state index contributed by atoms with van der Waals surface area (Å²) in [6.45, 7) is 2.69. The maximum absolute atomic E-state index is 13.2. The predicted molar refractivity (Wildman–Crippen MR) is 137 cm³/mol. The summed E-state index contributed by atoms with van der Waals surface area (Å²) in [6.07, 6.45) is 3.87. The van der Waals surface area contributed by atoms with E-state index in [1.165, 1.54) is 4.90 Å². The molecule has 180 valence electrons. The Morgan fingerprint density at radius 3 is 2.91 bits per heavy atom. The van der Waals surface area contributed by atoms with Crippen LogP contribution in [0.5, 0.6) is 5.75 Å². The van der Waals surface area contributed by atoms with Gasteiger partial charge in [0.2, 0.25) is 0 Å². The summed E-state index contributed by atoms with van der Waals surface area (Å²) in [6, 6.07) is 9.46. The van der Waals surface area contributed by atoms with Gasteiger partial charge in [-0.05, 0) is 66.9 Å². The maximum Gasteiger partial charge on any atom is 0.303 e. The van der Waals surface area contributed by atoms with Crippen molar-refractivity contribution in [3.8, 4) is 5.75 Å². The van der Waals surface area contributed by atoms with Gasteiger partial charge in [0.05, 0.1) is 12.6 Å². The van der Waals surface area contributed by atoms with Crippen molar-refractivity contribution in [2.45, 2.75) is 30.6 Å². The SMILES string of the molecule is COc1ccc2nccc(C(=O)CC[C@@H]3CCN(CCSc4ccsc4)C[C@@H]3CC(=O)O)c2c1. The summed E-state index contributed by atoms with van der Waals surface area (Å²) in [5.41, 5.74) is 1.42. The topological polar surface area (TPSA) is 79.7 Å². The Labute approximate surface area is 208 Å². The number of hydrogen-bond donors (Lipinski definition) is 1. The van der Waals surface area contributed by atoms with E-state index in [4.69, 9.17) is 4.74 Å². The molecule has 0 unspecified atom stereocenters. The highest BCUT2D eigenvalue weighted by Gasteiger charge is 2.31. The molecule has 8 heteroatoms. The second-order valence-corrected chi connectivity index (χ2v) is 10.7. The number of fused-ring (bicyclic) bond motifs is 1. The van der Waals surface area contributed by atoms with Crippen molar-refractivity contribution in [2.75, 3.05) is 32.5 Å². The van der Waals surface area contributed by atoms with Crippen LogP contribution in [0.15, 0.2) is 52.2 Å². The molecule has 1 aliphatic rings. The molecule has 2 aromatic heterocycles. The van der Waals surface area contributed by atoms with Crippen molar-refractivity contribution in [1.82, 2.24) is 9.88 Å². The number of ketones is 1. The molecular weight excluding hydrogens is 468 g/mol. The maximum atomic E-state index is 13.2. The number of nitrogens with zero attached hydrogens (tertiary/aromatic N) is 2. The van der Waals surface area contributed by atoms with Gasteiger partial charge in [0, 0.05) is 59.1 Å². The first kappa shape index (κ1) is 24.7. The summed E-state index contributed by atoms with van der Waals surface area (Å²) >= 11 is 3.55. The smallest absolute Gasteiger partial charge is 0.303 e. The van der Waals surface area contributed by atoms with Crippen molar-refractivity contribution < 1.29 is 19.4 Å². The molecule has 1 aliphatic heterocycles. The molecular formula is C26H30N2O4S2. The van der Waals surface area contributed by atoms with Crippen LogP contribution in [0, 0.1) is 11.8 Å². The number of aliphatic carboxylic acids is 1. The number of carboxylic acid groups (broad SMARTS) is 1. The Balaban J connectivity index is 1.36. The summed E-state index contributed by atoms with van der Waals surface area (Å²) in [7, 11) is 1.61. The Hall–Kier alpha value is -2.42. The van der Waals surface area contributed by atoms with Gasteiger partial charge < -0.3 is 14.7 Å². The average Bonchev–Trinajstić information content (AvgIpc) is 3.36. The van der Waals surface area contributed by atoms with Crippen LogP contribution in [0.25, 0.3) is 10.9 Å². The molecule has 1 fully saturated rings. The van der Waals surface area contributed by atoms with Gasteiger partial charge in [-0.3, -0.25) is 14.6 Å². The Bertz CT molecular complexity index is 1120. The fourth-order valence-corrected chi connectivity index (χ4v) is 6.56. The van der Waals surface area contributed by atoms with E-state index >= 15 is 0 Å². The number of thiophene rings is 1. The number of Topliss-reactive ketones (excluding diaryl/α,β-unsaturated/α-hetero) is 1. The number of aromatic nitrogens is 1. The van der Waals surface area contributed by atoms with Crippen molar-refractivity contribution in [2.24, 2.45) is 11.8 Å². The summed E-state index contributed by atoms with van der Waals surface area (Å²) in [5, 5.41) is 14.5. The fourth-order valence-electron chi connectivity index (χ4n) is 4.77. The zero-order valence-corrected chi connectivity index (χ0v) is 20.9. The quantitative estimate of drug-likeness (QED) is 0.277. The zero-order valence-electron chi connectivity index (χ0n) is 19.3. The van der Waals surface area contributed by atoms with Crippen LogP contribution >= 0.6 is 23.1 Å². The monoisotopic (exact) mass is 498 g/mol. The minimum absolute atomic E-state index is 0.0690. The van der Waals surface area contributed by atoms with Crippen molar-refractivity contribution in [1.29, 1.82) is 0 Å². The molecule has 0 radical (unpaired) electrons. The van der Waals surface area contributed by atoms with Crippen LogP contribution in [0.2, 0.25) is 0 Å². The van der Waals surface area contributed by atoms with Gasteiger partial charge in [0.25, 0.3) is 0 Å². The number of thioether (sulfide) groups is 1. The second kappa shape index (κ2) is 11.8. The van der Waals surface area contributed by atoms with Gasteiger partial charge in [-0.25, -0.2) is 0 Å². The number of pyridine rings is 1. The van der Waals surface area contributed by atoms with E-state index in [9.17, 15) is 14.7 Å². The summed E-state index contributed by atoms with van der Waals surface area (Å²) in [5.74, 6) is 1.31. The first-order valence-electron chi connectivity index (χ1n) is 11.6. The molecule has 4 rings (SSSR count). The summed E-state index contributed by atoms with van der Waals surface area (Å²) in [4.78, 5) is 32.7. The van der Waals surface area contributed by atoms with E-state index in [1.54, 1.807) is 30.7 Å². The lowest BCUT2D eigenvalue weighted by Gasteiger charge is -2.38. The number of likely N-dealkylation sites (tertiary alicyclic amines) is 1. The van der Waals surface area contributed by atoms with E-state index in [0.717, 1.165) is 42.7 Å². The molecule has 3 aromatic rings. The third-order valence-electron chi connectivity index (χ3n) is 6.57. The van der Waals surface area contributed by atoms with E-state index in [2.05, 4.69) is 26.7 Å². The lowest BCUT2D eigenvalue weighted by Crippen LogP contribution is -2.42. The van der Waals surface area contributed by atoms with Crippen molar-refractivity contribution in [3.63, 3.8) is 0 Å². The van der Waals surface area contributed by atoms with Crippen molar-refractivity contribution >= 4 is 45.8 Å². The number of benzene rings is 1. The van der Waals surface area contributed by atoms with Gasteiger partial charge in [-0.2, -0.15) is 11.3 Å². The molecule has 0 spiro atoms. The van der Waals surface area contributed by atoms with Crippen LogP contribution in [0.4, 0.5) is 0 Å². The summed E-state index contributed by atoms with van der Waals surface area (Å²) < 4.78 is 5.32. The molecule has 1 N–H and O–H groups in total. The Morgan fingerprint density at radius 1 is 1.26 bits per heavy atom. The number of carboxylic acids is 1. The molecule has 0 saturated carbocycles. The van der Waals surface area contributed by atoms with E-state index < -0.39 is 5.97 Å². The Morgan fingerprint density at radius 2 is 2.15 bits per heavy atom. The third kappa shape index (κ3) is 6.37. The van der Waals surface area contributed by atoms with Gasteiger partial charge in [-0.15, -0.1) is 11.8 Å². The first-order chi connectivity index (χ1) is 16.5. The molecule has 1 aromatic carbocycles. The van der Waals surface area contributed by atoms with E-state index in [1.807, 2.05) is 30.0 Å². The highest BCUT2D eigenvalue weighted by Crippen LogP contribution is 2.32. The lowest BCUT2D eigenvalue weighted by molar-refractivity contribution is -0.139. The average molecular weight is 499 g/mol. The molecule has 2 atom stereocenters. The van der Waals surface area contributed by atoms with Crippen molar-refractivity contribution in [3.05, 3.63) is 52.9 Å². The number of hydrogen-bond acceptors (Lipinski definition) is 7. The minimum atomic E-state index is -0.761. The number of carbonyl (C=O) groups excluding carboxylic acids is 1. The largest absolute Gasteiger partial charge is 0.497 e. The van der Waals surface area contributed by atoms with Gasteiger partial charge in [0.15, 0.2) is 5.78 Å². The molecule has 34 heavy (non-hydrogen) atoms. The molecule has 0 bridgehead atoms. The standard InChI is InChI=1S/C26H30N2O4S2/c1-32-20-3-4-24-23(15-20)22(6-9-27-24)25(29)5-2-18-7-10-28(16-19(18)14-26(30)31)11-13-34-21-8-12-33-17-21/h3-4,6,8-9,12,15,17-19H,2,5,7,10-11,13-14,16H2,1H3,(H,30,31)/t18-,19+/m1/s1. The van der Waals surface area contributed by atoms with Gasteiger partial charge >= 0.3 is 5.97 Å². The molecule has 0 amide bonds. The van der Waals surface area contributed by atoms with Crippen LogP contribution in [0.3, 0.4) is 0 Å². The van der Waals surface area contributed by atoms with Gasteiger partial charge in [-0.1, -0.05) is 0 Å². The highest BCUT2D eigenvalue weighted by atomic mass is 32.2. The first-order valence-corrected chi connectivity index (χ1v) is 13.5. The third-order valence-corrected chi connectivity index (χ3v) is 8.38. The van der Waals surface area contributed by atoms with Gasteiger partial charge in [0.1, 0.15) is 5.75 Å². The highest BCUT2D eigenvalue weighted by molar-refractivity contribution is 7.99. The molecule has 3 heterocycles. The Kier molecular flexibility index (Phi) is 8.59. The number of carbonyl (C=O) groups is 2. The number of piperidine rings is 1. The van der Waals surface area contributed by atoms with Crippen LogP contribution < -0.4 is 4.74 Å². The molecule has 6 nitrogen and oxygen atoms in total. The molecule has 0 aliphatic carbocycles. The number of ether oxygens (including phenoxy) is 1. The normalized spacial score (nSPS) is 18.7. The fraction of sp³-hybridized carbons (Fsp3) is 0.423. The minimum Gasteiger partial charge on any atom is -0.497 e. The lowest BCUT2D eigenvalue weighted by atomic mass is 9.79. The van der Waals surface area contributed by atoms with Crippen LogP contribution in [-0.4, -0.2) is 59.2 Å². The number of rotatable bonds is 11. The van der Waals surface area contributed by atoms with E-state index in [-0.39, 0.29) is 24.0 Å².